The first kappa shape index (κ1) is 10.8. The lowest BCUT2D eigenvalue weighted by Gasteiger charge is -2.00. The number of fused-ring (bicyclic) bond motifs is 1. The summed E-state index contributed by atoms with van der Waals surface area (Å²) in [7, 11) is 0. The Kier molecular flexibility index (Phi) is 2.43. The molecule has 0 aromatic carbocycles. The second-order valence-electron chi connectivity index (χ2n) is 3.96. The summed E-state index contributed by atoms with van der Waals surface area (Å²) in [6, 6.07) is 2.12. The van der Waals surface area contributed by atoms with Gasteiger partial charge in [0.1, 0.15) is 11.4 Å². The number of H-pyrrole nitrogens is 1. The molecule has 0 unspecified atom stereocenters. The van der Waals surface area contributed by atoms with Gasteiger partial charge in [0.2, 0.25) is 0 Å². The van der Waals surface area contributed by atoms with Gasteiger partial charge in [-0.25, -0.2) is 4.98 Å². The average Bonchev–Trinajstić information content (AvgIpc) is 2.84. The third kappa shape index (κ3) is 1.65. The lowest BCUT2D eigenvalue weighted by molar-refractivity contribution is 0.393. The maximum absolute atomic E-state index is 5.19. The first-order valence-corrected chi connectivity index (χ1v) is 6.30. The summed E-state index contributed by atoms with van der Waals surface area (Å²) in [5.74, 6) is 0.828. The molecule has 0 radical (unpaired) electrons. The van der Waals surface area contributed by atoms with Crippen molar-refractivity contribution in [1.82, 2.24) is 15.1 Å². The van der Waals surface area contributed by atoms with Crippen molar-refractivity contribution in [3.05, 3.63) is 33.5 Å². The maximum atomic E-state index is 5.19. The van der Waals surface area contributed by atoms with Crippen molar-refractivity contribution in [3.8, 4) is 11.1 Å². The van der Waals surface area contributed by atoms with Gasteiger partial charge in [0.15, 0.2) is 0 Å². The number of aromatic nitrogens is 3. The molecule has 3 aromatic rings. The number of pyridine rings is 1. The van der Waals surface area contributed by atoms with Crippen LogP contribution in [0.15, 0.2) is 23.0 Å². The van der Waals surface area contributed by atoms with Crippen LogP contribution in [0.1, 0.15) is 11.5 Å². The van der Waals surface area contributed by atoms with Gasteiger partial charge in [0.25, 0.3) is 0 Å². The van der Waals surface area contributed by atoms with Crippen LogP contribution >= 0.6 is 22.6 Å². The van der Waals surface area contributed by atoms with Crippen LogP contribution < -0.4 is 0 Å². The summed E-state index contributed by atoms with van der Waals surface area (Å²) in [6.07, 6.45) is 3.80. The zero-order chi connectivity index (χ0) is 12.0. The van der Waals surface area contributed by atoms with E-state index in [0.29, 0.717) is 0 Å². The zero-order valence-electron chi connectivity index (χ0n) is 9.41. The van der Waals surface area contributed by atoms with Crippen LogP contribution in [0, 0.1) is 17.4 Å². The molecule has 0 aliphatic heterocycles. The lowest BCUT2D eigenvalue weighted by atomic mass is 10.1. The number of aromatic amines is 1. The molecule has 0 fully saturated rings. The lowest BCUT2D eigenvalue weighted by Crippen LogP contribution is -1.85. The molecule has 3 heterocycles. The Morgan fingerprint density at radius 2 is 2.18 bits per heavy atom. The predicted molar refractivity (Wildman–Crippen MR) is 73.8 cm³/mol. The van der Waals surface area contributed by atoms with Crippen molar-refractivity contribution in [2.24, 2.45) is 0 Å². The van der Waals surface area contributed by atoms with Crippen LogP contribution in [0.5, 0.6) is 0 Å². The van der Waals surface area contributed by atoms with E-state index in [4.69, 9.17) is 4.52 Å². The van der Waals surface area contributed by atoms with Crippen molar-refractivity contribution >= 4 is 33.6 Å². The second kappa shape index (κ2) is 3.83. The minimum Gasteiger partial charge on any atom is -0.361 e. The van der Waals surface area contributed by atoms with E-state index in [0.717, 1.165) is 33.6 Å². The van der Waals surface area contributed by atoms with E-state index in [2.05, 4.69) is 43.8 Å². The van der Waals surface area contributed by atoms with Gasteiger partial charge in [-0.2, -0.15) is 0 Å². The highest BCUT2D eigenvalue weighted by molar-refractivity contribution is 14.1. The van der Waals surface area contributed by atoms with E-state index in [-0.39, 0.29) is 0 Å². The summed E-state index contributed by atoms with van der Waals surface area (Å²) in [5.41, 5.74) is 3.89. The molecule has 3 rings (SSSR count). The summed E-state index contributed by atoms with van der Waals surface area (Å²) < 4.78 is 6.35. The topological polar surface area (TPSA) is 54.7 Å². The Labute approximate surface area is 112 Å². The van der Waals surface area contributed by atoms with Crippen LogP contribution in [0.2, 0.25) is 0 Å². The van der Waals surface area contributed by atoms with Gasteiger partial charge in [-0.05, 0) is 42.5 Å². The Hall–Kier alpha value is -1.37. The van der Waals surface area contributed by atoms with E-state index in [1.807, 2.05) is 26.2 Å². The average molecular weight is 339 g/mol. The minimum atomic E-state index is 0.828. The van der Waals surface area contributed by atoms with Crippen molar-refractivity contribution < 1.29 is 4.52 Å². The van der Waals surface area contributed by atoms with E-state index >= 15 is 0 Å². The number of nitrogens with zero attached hydrogens (tertiary/aromatic N) is 2. The fourth-order valence-electron chi connectivity index (χ4n) is 2.00. The van der Waals surface area contributed by atoms with Gasteiger partial charge in [0.05, 0.1) is 5.69 Å². The molecule has 0 amide bonds. The smallest absolute Gasteiger partial charge is 0.141 e. The molecule has 4 nitrogen and oxygen atoms in total. The summed E-state index contributed by atoms with van der Waals surface area (Å²) in [5, 5.41) is 5.10. The molecule has 0 aliphatic rings. The third-order valence-electron chi connectivity index (χ3n) is 2.80. The molecular weight excluding hydrogens is 329 g/mol. The Balaban J connectivity index is 2.27. The molecule has 86 valence electrons. The number of aryl methyl sites for hydroxylation is 2. The predicted octanol–water partition coefficient (Wildman–Crippen LogP) is 3.44. The van der Waals surface area contributed by atoms with Gasteiger partial charge in [-0.1, -0.05) is 5.16 Å². The third-order valence-corrected chi connectivity index (χ3v) is 3.70. The normalized spacial score (nSPS) is 11.2. The number of hydrogen-bond donors (Lipinski definition) is 1. The van der Waals surface area contributed by atoms with Crippen LogP contribution in [0.3, 0.4) is 0 Å². The van der Waals surface area contributed by atoms with Crippen molar-refractivity contribution in [3.63, 3.8) is 0 Å². The highest BCUT2D eigenvalue weighted by atomic mass is 127. The number of nitrogens with one attached hydrogen (secondary N) is 1. The van der Waals surface area contributed by atoms with Gasteiger partial charge in [-0.3, -0.25) is 0 Å². The van der Waals surface area contributed by atoms with Crippen LogP contribution in [-0.4, -0.2) is 15.1 Å². The van der Waals surface area contributed by atoms with Crippen molar-refractivity contribution in [2.45, 2.75) is 13.8 Å². The largest absolute Gasteiger partial charge is 0.361 e. The highest BCUT2D eigenvalue weighted by Crippen LogP contribution is 2.29. The Morgan fingerprint density at radius 1 is 1.35 bits per heavy atom. The summed E-state index contributed by atoms with van der Waals surface area (Å²) >= 11 is 2.29. The van der Waals surface area contributed by atoms with Crippen LogP contribution in [-0.2, 0) is 0 Å². The van der Waals surface area contributed by atoms with Gasteiger partial charge < -0.3 is 9.51 Å². The highest BCUT2D eigenvalue weighted by Gasteiger charge is 2.13. The van der Waals surface area contributed by atoms with Gasteiger partial charge >= 0.3 is 0 Å². The summed E-state index contributed by atoms with van der Waals surface area (Å²) in [6.45, 7) is 3.86. The number of halogens is 1. The van der Waals surface area contributed by atoms with Gasteiger partial charge in [-0.15, -0.1) is 0 Å². The maximum Gasteiger partial charge on any atom is 0.141 e. The first-order valence-electron chi connectivity index (χ1n) is 5.22. The SMILES string of the molecule is Cc1noc(C)c1-c1cnc2[nH]cc(I)c2c1. The molecule has 0 bridgehead atoms. The fraction of sp³-hybridized carbons (Fsp3) is 0.167. The molecule has 3 aromatic heterocycles. The van der Waals surface area contributed by atoms with E-state index in [1.54, 1.807) is 0 Å². The van der Waals surface area contributed by atoms with Crippen molar-refractivity contribution in [2.75, 3.05) is 0 Å². The number of hydrogen-bond acceptors (Lipinski definition) is 3. The van der Waals surface area contributed by atoms with E-state index < -0.39 is 0 Å². The van der Waals surface area contributed by atoms with Gasteiger partial charge in [0, 0.05) is 32.5 Å². The fourth-order valence-corrected chi connectivity index (χ4v) is 2.57. The quantitative estimate of drug-likeness (QED) is 0.691. The molecule has 0 saturated heterocycles. The van der Waals surface area contributed by atoms with E-state index in [1.165, 1.54) is 3.57 Å². The molecule has 0 spiro atoms. The van der Waals surface area contributed by atoms with Crippen LogP contribution in [0.25, 0.3) is 22.2 Å². The zero-order valence-corrected chi connectivity index (χ0v) is 11.6. The molecule has 0 saturated carbocycles. The standard InChI is InChI=1S/C12H10IN3O/c1-6-11(7(2)17-16-6)8-3-9-10(13)5-15-12(9)14-4-8/h3-5H,1-2H3,(H,14,15). The molecule has 17 heavy (non-hydrogen) atoms. The molecule has 5 heteroatoms. The Morgan fingerprint density at radius 3 is 2.88 bits per heavy atom. The molecular formula is C12H10IN3O. The van der Waals surface area contributed by atoms with Crippen molar-refractivity contribution in [1.29, 1.82) is 0 Å². The van der Waals surface area contributed by atoms with E-state index in [9.17, 15) is 0 Å². The molecule has 0 aliphatic carbocycles. The Bertz CT molecular complexity index is 679. The summed E-state index contributed by atoms with van der Waals surface area (Å²) in [4.78, 5) is 7.54. The first-order chi connectivity index (χ1) is 8.16. The monoisotopic (exact) mass is 339 g/mol. The molecule has 0 atom stereocenters. The second-order valence-corrected chi connectivity index (χ2v) is 5.12. The minimum absolute atomic E-state index is 0.828. The van der Waals surface area contributed by atoms with Crippen LogP contribution in [0.4, 0.5) is 0 Å². The number of rotatable bonds is 1. The molecule has 1 N–H and O–H groups in total.